The number of halogens is 1. The number of rotatable bonds is 4. The summed E-state index contributed by atoms with van der Waals surface area (Å²) < 4.78 is 10.6. The van der Waals surface area contributed by atoms with Crippen LogP contribution in [0, 0.1) is 6.92 Å². The topological polar surface area (TPSA) is 59.7 Å². The van der Waals surface area contributed by atoms with Crippen molar-refractivity contribution in [2.75, 3.05) is 0 Å². The Kier molecular flexibility index (Phi) is 3.58. The van der Waals surface area contributed by atoms with Gasteiger partial charge in [0.2, 0.25) is 5.76 Å². The Morgan fingerprint density at radius 1 is 1.39 bits per heavy atom. The number of carbonyl (C=O) groups is 1. The van der Waals surface area contributed by atoms with Gasteiger partial charge in [0.25, 0.3) is 0 Å². The highest BCUT2D eigenvalue weighted by Gasteiger charge is 2.10. The van der Waals surface area contributed by atoms with Gasteiger partial charge in [-0.25, -0.2) is 4.79 Å². The first-order chi connectivity index (χ1) is 8.58. The Hall–Kier alpha value is -1.94. The molecule has 94 valence electrons. The molecule has 0 unspecified atom stereocenters. The van der Waals surface area contributed by atoms with Crippen LogP contribution >= 0.6 is 11.6 Å². The predicted octanol–water partition coefficient (Wildman–Crippen LogP) is 3.52. The highest BCUT2D eigenvalue weighted by atomic mass is 35.5. The number of carboxylic acids is 1. The van der Waals surface area contributed by atoms with Gasteiger partial charge >= 0.3 is 5.97 Å². The number of benzene rings is 1. The molecule has 1 N–H and O–H groups in total. The molecule has 0 aliphatic heterocycles. The van der Waals surface area contributed by atoms with E-state index in [-0.39, 0.29) is 12.4 Å². The zero-order valence-electron chi connectivity index (χ0n) is 9.64. The molecule has 0 saturated heterocycles. The van der Waals surface area contributed by atoms with E-state index >= 15 is 0 Å². The van der Waals surface area contributed by atoms with Gasteiger partial charge in [-0.15, -0.1) is 0 Å². The summed E-state index contributed by atoms with van der Waals surface area (Å²) in [5, 5.41) is 9.34. The molecular formula is C13H11ClO4. The molecule has 0 amide bonds. The maximum atomic E-state index is 10.6. The molecule has 0 fully saturated rings. The van der Waals surface area contributed by atoms with Gasteiger partial charge in [-0.2, -0.15) is 0 Å². The minimum atomic E-state index is -1.10. The van der Waals surface area contributed by atoms with E-state index < -0.39 is 5.97 Å². The van der Waals surface area contributed by atoms with Crippen molar-refractivity contribution in [1.82, 2.24) is 0 Å². The highest BCUT2D eigenvalue weighted by molar-refractivity contribution is 6.31. The average molecular weight is 267 g/mol. The molecule has 0 spiro atoms. The summed E-state index contributed by atoms with van der Waals surface area (Å²) in [5.41, 5.74) is 0.837. The number of ether oxygens (including phenoxy) is 1. The Morgan fingerprint density at radius 3 is 2.83 bits per heavy atom. The van der Waals surface area contributed by atoms with Crippen LogP contribution < -0.4 is 4.74 Å². The lowest BCUT2D eigenvalue weighted by atomic mass is 10.2. The lowest BCUT2D eigenvalue weighted by Gasteiger charge is -2.08. The summed E-state index contributed by atoms with van der Waals surface area (Å²) in [6.45, 7) is 2.01. The third-order valence-electron chi connectivity index (χ3n) is 2.46. The van der Waals surface area contributed by atoms with Crippen molar-refractivity contribution in [3.05, 3.63) is 52.4 Å². The normalized spacial score (nSPS) is 10.3. The zero-order chi connectivity index (χ0) is 13.1. The fourth-order valence-electron chi connectivity index (χ4n) is 1.46. The van der Waals surface area contributed by atoms with E-state index in [4.69, 9.17) is 25.9 Å². The van der Waals surface area contributed by atoms with Gasteiger partial charge in [-0.05, 0) is 31.2 Å². The van der Waals surface area contributed by atoms with Crippen LogP contribution in [0.4, 0.5) is 0 Å². The van der Waals surface area contributed by atoms with Crippen molar-refractivity contribution >= 4 is 17.6 Å². The van der Waals surface area contributed by atoms with Gasteiger partial charge in [-0.1, -0.05) is 17.7 Å². The van der Waals surface area contributed by atoms with Crippen molar-refractivity contribution in [3.8, 4) is 5.75 Å². The summed E-state index contributed by atoms with van der Waals surface area (Å²) in [7, 11) is 0. The van der Waals surface area contributed by atoms with E-state index in [2.05, 4.69) is 0 Å². The molecule has 0 aliphatic rings. The van der Waals surface area contributed by atoms with Crippen LogP contribution in [-0.4, -0.2) is 11.1 Å². The highest BCUT2D eigenvalue weighted by Crippen LogP contribution is 2.25. The van der Waals surface area contributed by atoms with Crippen molar-refractivity contribution in [1.29, 1.82) is 0 Å². The maximum absolute atomic E-state index is 10.6. The lowest BCUT2D eigenvalue weighted by molar-refractivity contribution is 0.0658. The second-order valence-electron chi connectivity index (χ2n) is 3.72. The molecule has 1 heterocycles. The number of hydrogen-bond acceptors (Lipinski definition) is 3. The first-order valence-corrected chi connectivity index (χ1v) is 5.65. The first-order valence-electron chi connectivity index (χ1n) is 5.28. The minimum Gasteiger partial charge on any atom is -0.485 e. The second kappa shape index (κ2) is 5.14. The largest absolute Gasteiger partial charge is 0.485 e. The number of hydrogen-bond donors (Lipinski definition) is 1. The van der Waals surface area contributed by atoms with E-state index in [0.717, 1.165) is 5.56 Å². The smallest absolute Gasteiger partial charge is 0.371 e. The minimum absolute atomic E-state index is 0.101. The van der Waals surface area contributed by atoms with E-state index in [1.54, 1.807) is 24.3 Å². The van der Waals surface area contributed by atoms with Gasteiger partial charge < -0.3 is 14.3 Å². The summed E-state index contributed by atoms with van der Waals surface area (Å²) in [6, 6.07) is 8.33. The van der Waals surface area contributed by atoms with Crippen LogP contribution in [0.3, 0.4) is 0 Å². The SMILES string of the molecule is Cc1c(Cl)cccc1OCc1ccc(C(=O)O)o1. The van der Waals surface area contributed by atoms with Gasteiger partial charge in [0.05, 0.1) is 0 Å². The molecule has 1 aromatic carbocycles. The Bertz CT molecular complexity index is 574. The molecule has 0 saturated carbocycles. The predicted molar refractivity (Wildman–Crippen MR) is 66.2 cm³/mol. The molecule has 0 atom stereocenters. The van der Waals surface area contributed by atoms with Crippen LogP contribution in [0.25, 0.3) is 0 Å². The number of aromatic carboxylic acids is 1. The molecular weight excluding hydrogens is 256 g/mol. The molecule has 5 heteroatoms. The third-order valence-corrected chi connectivity index (χ3v) is 2.87. The molecule has 1 aromatic heterocycles. The van der Waals surface area contributed by atoms with Crippen molar-refractivity contribution in [2.24, 2.45) is 0 Å². The molecule has 2 rings (SSSR count). The average Bonchev–Trinajstić information content (AvgIpc) is 2.80. The van der Waals surface area contributed by atoms with Crippen LogP contribution in [0.1, 0.15) is 21.9 Å². The third kappa shape index (κ3) is 2.65. The summed E-state index contributed by atoms with van der Waals surface area (Å²) in [6.07, 6.45) is 0. The van der Waals surface area contributed by atoms with Crippen LogP contribution in [0.15, 0.2) is 34.7 Å². The lowest BCUT2D eigenvalue weighted by Crippen LogP contribution is -1.96. The van der Waals surface area contributed by atoms with Gasteiger partial charge in [0.1, 0.15) is 18.1 Å². The summed E-state index contributed by atoms with van der Waals surface area (Å²) in [5.74, 6) is -0.0980. The number of furan rings is 1. The van der Waals surface area contributed by atoms with E-state index in [9.17, 15) is 4.79 Å². The van der Waals surface area contributed by atoms with Crippen molar-refractivity contribution < 1.29 is 19.1 Å². The number of carboxylic acid groups (broad SMARTS) is 1. The maximum Gasteiger partial charge on any atom is 0.371 e. The van der Waals surface area contributed by atoms with Crippen LogP contribution in [0.2, 0.25) is 5.02 Å². The first kappa shape index (κ1) is 12.5. The molecule has 18 heavy (non-hydrogen) atoms. The molecule has 2 aromatic rings. The standard InChI is InChI=1S/C13H11ClO4/c1-8-10(14)3-2-4-11(8)17-7-9-5-6-12(18-9)13(15)16/h2-6H,7H2,1H3,(H,15,16). The van der Waals surface area contributed by atoms with Gasteiger partial charge in [0, 0.05) is 10.6 Å². The van der Waals surface area contributed by atoms with E-state index in [1.807, 2.05) is 6.92 Å². The molecule has 4 nitrogen and oxygen atoms in total. The van der Waals surface area contributed by atoms with E-state index in [0.29, 0.717) is 16.5 Å². The monoisotopic (exact) mass is 266 g/mol. The quantitative estimate of drug-likeness (QED) is 0.920. The summed E-state index contributed by atoms with van der Waals surface area (Å²) >= 11 is 5.96. The van der Waals surface area contributed by atoms with Gasteiger partial charge in [0.15, 0.2) is 0 Å². The van der Waals surface area contributed by atoms with Crippen LogP contribution in [-0.2, 0) is 6.61 Å². The molecule has 0 aliphatic carbocycles. The summed E-state index contributed by atoms with van der Waals surface area (Å²) in [4.78, 5) is 10.6. The Balaban J connectivity index is 2.07. The second-order valence-corrected chi connectivity index (χ2v) is 4.13. The van der Waals surface area contributed by atoms with Gasteiger partial charge in [-0.3, -0.25) is 0 Å². The van der Waals surface area contributed by atoms with Crippen molar-refractivity contribution in [3.63, 3.8) is 0 Å². The molecule has 0 bridgehead atoms. The molecule has 0 radical (unpaired) electrons. The fourth-order valence-corrected chi connectivity index (χ4v) is 1.63. The fraction of sp³-hybridized carbons (Fsp3) is 0.154. The Labute approximate surface area is 109 Å². The Morgan fingerprint density at radius 2 is 2.17 bits per heavy atom. The van der Waals surface area contributed by atoms with Crippen molar-refractivity contribution in [2.45, 2.75) is 13.5 Å². The van der Waals surface area contributed by atoms with Crippen LogP contribution in [0.5, 0.6) is 5.75 Å². The zero-order valence-corrected chi connectivity index (χ0v) is 10.4. The van der Waals surface area contributed by atoms with E-state index in [1.165, 1.54) is 6.07 Å².